The molecule has 0 saturated heterocycles. The van der Waals surface area contributed by atoms with Gasteiger partial charge in [0, 0.05) is 0 Å². The van der Waals surface area contributed by atoms with Crippen LogP contribution in [-0.2, 0) is 28.6 Å². The van der Waals surface area contributed by atoms with E-state index in [-0.39, 0.29) is 16.4 Å². The zero-order valence-corrected chi connectivity index (χ0v) is 17.3. The number of anilines is 2. The molecule has 0 saturated carbocycles. The summed E-state index contributed by atoms with van der Waals surface area (Å²) in [7, 11) is -4.86. The molecule has 0 unspecified atom stereocenters. The Balaban J connectivity index is 2.46. The number of benzene rings is 3. The minimum Gasteiger partial charge on any atom is -0.234 e. The van der Waals surface area contributed by atoms with Crippen LogP contribution < -0.4 is 4.31 Å². The Kier molecular flexibility index (Phi) is 6.37. The molecule has 0 fully saturated rings. The van der Waals surface area contributed by atoms with Gasteiger partial charge in [0.15, 0.2) is 0 Å². The summed E-state index contributed by atoms with van der Waals surface area (Å²) in [6.45, 7) is 0. The van der Waals surface area contributed by atoms with Crippen molar-refractivity contribution in [3.63, 3.8) is 0 Å². The third-order valence-electron chi connectivity index (χ3n) is 4.52. The zero-order chi connectivity index (χ0) is 25.5. The largest absolute Gasteiger partial charge is 0.417 e. The van der Waals surface area contributed by atoms with Crippen molar-refractivity contribution < 1.29 is 47.9 Å². The molecule has 0 amide bonds. The van der Waals surface area contributed by atoms with E-state index < -0.39 is 61.5 Å². The number of hydrogen-bond acceptors (Lipinski definition) is 2. The molecule has 0 aromatic heterocycles. The Hall–Kier alpha value is -3.22. The first-order valence-corrected chi connectivity index (χ1v) is 10.5. The fraction of sp³-hybridized carbons (Fsp3) is 0.143. The topological polar surface area (TPSA) is 37.4 Å². The first kappa shape index (κ1) is 25.4. The van der Waals surface area contributed by atoms with Gasteiger partial charge in [-0.05, 0) is 36.4 Å². The average Bonchev–Trinajstić information content (AvgIpc) is 2.72. The van der Waals surface area contributed by atoms with Crippen molar-refractivity contribution in [3.8, 4) is 0 Å². The standard InChI is InChI=1S/C21H12F9NO2S/c22-19(23,24)16-11-14(12-17(20(25,26)27)18(16)21(28,29)30)31(13-7-3-1-4-8-13)34(32,33)15-9-5-2-6-10-15/h1-12H. The highest BCUT2D eigenvalue weighted by Crippen LogP contribution is 2.49. The summed E-state index contributed by atoms with van der Waals surface area (Å²) in [5, 5.41) is 0. The van der Waals surface area contributed by atoms with Crippen LogP contribution in [0, 0.1) is 0 Å². The summed E-state index contributed by atoms with van der Waals surface area (Å²) >= 11 is 0. The molecule has 3 aromatic rings. The van der Waals surface area contributed by atoms with E-state index in [1.807, 2.05) is 0 Å². The van der Waals surface area contributed by atoms with E-state index in [0.29, 0.717) is 0 Å². The molecule has 13 heteroatoms. The molecule has 0 heterocycles. The molecular formula is C21H12F9NO2S. The van der Waals surface area contributed by atoms with Crippen LogP contribution in [0.2, 0.25) is 0 Å². The first-order chi connectivity index (χ1) is 15.5. The van der Waals surface area contributed by atoms with Crippen molar-refractivity contribution in [2.45, 2.75) is 23.4 Å². The quantitative estimate of drug-likeness (QED) is 0.344. The number of rotatable bonds is 4. The molecule has 0 spiro atoms. The number of alkyl halides is 9. The van der Waals surface area contributed by atoms with Crippen molar-refractivity contribution in [2.75, 3.05) is 4.31 Å². The Morgan fingerprint density at radius 1 is 0.559 bits per heavy atom. The lowest BCUT2D eigenvalue weighted by molar-refractivity contribution is -0.174. The summed E-state index contributed by atoms with van der Waals surface area (Å²) in [4.78, 5) is -0.513. The number of hydrogen-bond donors (Lipinski definition) is 0. The van der Waals surface area contributed by atoms with Crippen LogP contribution in [0.15, 0.2) is 77.7 Å². The second kappa shape index (κ2) is 8.53. The highest BCUT2D eigenvalue weighted by Gasteiger charge is 2.51. The maximum atomic E-state index is 13.6. The van der Waals surface area contributed by atoms with Crippen LogP contribution in [0.5, 0.6) is 0 Å². The Morgan fingerprint density at radius 2 is 0.971 bits per heavy atom. The second-order valence-corrected chi connectivity index (χ2v) is 8.61. The van der Waals surface area contributed by atoms with Crippen LogP contribution >= 0.6 is 0 Å². The number of sulfonamides is 1. The zero-order valence-electron chi connectivity index (χ0n) is 16.5. The van der Waals surface area contributed by atoms with Gasteiger partial charge in [-0.3, -0.25) is 0 Å². The van der Waals surface area contributed by atoms with Crippen LogP contribution in [0.1, 0.15) is 16.7 Å². The van der Waals surface area contributed by atoms with Crippen molar-refractivity contribution >= 4 is 21.4 Å². The van der Waals surface area contributed by atoms with Gasteiger partial charge in [-0.1, -0.05) is 36.4 Å². The molecule has 0 bridgehead atoms. The lowest BCUT2D eigenvalue weighted by Gasteiger charge is -2.28. The Labute approximate surface area is 187 Å². The predicted octanol–water partition coefficient (Wildman–Crippen LogP) is 7.27. The highest BCUT2D eigenvalue weighted by atomic mass is 32.2. The van der Waals surface area contributed by atoms with Gasteiger partial charge in [-0.25, -0.2) is 12.7 Å². The van der Waals surface area contributed by atoms with Crippen molar-refractivity contribution in [1.29, 1.82) is 0 Å². The van der Waals surface area contributed by atoms with Crippen LogP contribution in [0.25, 0.3) is 0 Å². The minimum absolute atomic E-state index is 0.132. The summed E-state index contributed by atoms with van der Waals surface area (Å²) in [5.74, 6) is 0. The van der Waals surface area contributed by atoms with Gasteiger partial charge < -0.3 is 0 Å². The third-order valence-corrected chi connectivity index (χ3v) is 6.29. The lowest BCUT2D eigenvalue weighted by Crippen LogP contribution is -2.29. The van der Waals surface area contributed by atoms with E-state index in [1.54, 1.807) is 0 Å². The van der Waals surface area contributed by atoms with Gasteiger partial charge in [0.25, 0.3) is 10.0 Å². The minimum atomic E-state index is -6.04. The summed E-state index contributed by atoms with van der Waals surface area (Å²) in [6.07, 6.45) is -17.8. The van der Waals surface area contributed by atoms with Crippen molar-refractivity contribution in [2.24, 2.45) is 0 Å². The maximum absolute atomic E-state index is 13.6. The molecule has 0 N–H and O–H groups in total. The van der Waals surface area contributed by atoms with Crippen molar-refractivity contribution in [3.05, 3.63) is 89.5 Å². The maximum Gasteiger partial charge on any atom is 0.417 e. The number of para-hydroxylation sites is 1. The van der Waals surface area contributed by atoms with Gasteiger partial charge in [-0.2, -0.15) is 39.5 Å². The second-order valence-electron chi connectivity index (χ2n) is 6.83. The molecule has 3 rings (SSSR count). The van der Waals surface area contributed by atoms with Crippen molar-refractivity contribution in [1.82, 2.24) is 0 Å². The van der Waals surface area contributed by atoms with Crippen LogP contribution in [0.3, 0.4) is 0 Å². The molecule has 0 radical (unpaired) electrons. The van der Waals surface area contributed by atoms with E-state index in [4.69, 9.17) is 0 Å². The predicted molar refractivity (Wildman–Crippen MR) is 104 cm³/mol. The van der Waals surface area contributed by atoms with Crippen LogP contribution in [0.4, 0.5) is 50.9 Å². The first-order valence-electron chi connectivity index (χ1n) is 9.09. The molecule has 0 atom stereocenters. The fourth-order valence-corrected chi connectivity index (χ4v) is 4.68. The van der Waals surface area contributed by atoms with E-state index in [2.05, 4.69) is 0 Å². The Bertz CT molecular complexity index is 1230. The van der Waals surface area contributed by atoms with Crippen LogP contribution in [-0.4, -0.2) is 8.42 Å². The molecule has 3 nitrogen and oxygen atoms in total. The Morgan fingerprint density at radius 3 is 1.35 bits per heavy atom. The average molecular weight is 513 g/mol. The van der Waals surface area contributed by atoms with E-state index >= 15 is 0 Å². The summed E-state index contributed by atoms with van der Waals surface area (Å²) in [5.41, 5.74) is -9.97. The molecule has 0 aliphatic rings. The van der Waals surface area contributed by atoms with E-state index in [1.165, 1.54) is 36.4 Å². The van der Waals surface area contributed by atoms with E-state index in [0.717, 1.165) is 24.3 Å². The van der Waals surface area contributed by atoms with Gasteiger partial charge >= 0.3 is 18.5 Å². The summed E-state index contributed by atoms with van der Waals surface area (Å²) < 4.78 is 148. The monoisotopic (exact) mass is 513 g/mol. The molecule has 34 heavy (non-hydrogen) atoms. The normalized spacial score (nSPS) is 13.1. The summed E-state index contributed by atoms with van der Waals surface area (Å²) in [6, 6.07) is 11.5. The molecule has 0 aliphatic carbocycles. The highest BCUT2D eigenvalue weighted by molar-refractivity contribution is 7.93. The van der Waals surface area contributed by atoms with Gasteiger partial charge in [0.1, 0.15) is 0 Å². The number of nitrogens with zero attached hydrogens (tertiary/aromatic N) is 1. The lowest BCUT2D eigenvalue weighted by atomic mass is 9.98. The molecule has 182 valence electrons. The molecular weight excluding hydrogens is 501 g/mol. The smallest absolute Gasteiger partial charge is 0.234 e. The van der Waals surface area contributed by atoms with E-state index in [9.17, 15) is 47.9 Å². The van der Waals surface area contributed by atoms with Gasteiger partial charge in [0.2, 0.25) is 0 Å². The third kappa shape index (κ3) is 4.98. The molecule has 3 aromatic carbocycles. The SMILES string of the molecule is O=S(=O)(c1ccccc1)N(c1ccccc1)c1cc(C(F)(F)F)c(C(F)(F)F)c(C(F)(F)F)c1. The molecule has 0 aliphatic heterocycles. The van der Waals surface area contributed by atoms with Gasteiger partial charge in [-0.15, -0.1) is 0 Å². The number of halogens is 9. The fourth-order valence-electron chi connectivity index (χ4n) is 3.18. The van der Waals surface area contributed by atoms with Gasteiger partial charge in [0.05, 0.1) is 33.0 Å².